The first-order valence-corrected chi connectivity index (χ1v) is 5.58. The predicted molar refractivity (Wildman–Crippen MR) is 65.6 cm³/mol. The van der Waals surface area contributed by atoms with Gasteiger partial charge >= 0.3 is 0 Å². The van der Waals surface area contributed by atoms with Crippen LogP contribution in [0, 0.1) is 0 Å². The Morgan fingerprint density at radius 3 is 2.53 bits per heavy atom. The average molecular weight is 232 g/mol. The van der Waals surface area contributed by atoms with E-state index in [0.29, 0.717) is 0 Å². The van der Waals surface area contributed by atoms with Crippen molar-refractivity contribution in [2.45, 2.75) is 19.3 Å². The number of allylic oxidation sites excluding steroid dienone is 2. The second-order valence-electron chi connectivity index (χ2n) is 3.78. The molecule has 90 valence electrons. The van der Waals surface area contributed by atoms with Gasteiger partial charge in [0.1, 0.15) is 5.75 Å². The fourth-order valence-corrected chi connectivity index (χ4v) is 1.52. The van der Waals surface area contributed by atoms with Gasteiger partial charge in [0.15, 0.2) is 0 Å². The third-order valence-corrected chi connectivity index (χ3v) is 2.63. The molecule has 3 nitrogen and oxygen atoms in total. The zero-order valence-corrected chi connectivity index (χ0v) is 10.00. The molecule has 0 saturated carbocycles. The maximum atomic E-state index is 5.62. The average Bonchev–Trinajstić information content (AvgIpc) is 2.40. The summed E-state index contributed by atoms with van der Waals surface area (Å²) in [4.78, 5) is 0. The summed E-state index contributed by atoms with van der Waals surface area (Å²) >= 11 is 0. The molecule has 0 radical (unpaired) electrons. The minimum atomic E-state index is -0.342. The van der Waals surface area contributed by atoms with Gasteiger partial charge in [-0.15, -0.1) is 0 Å². The third kappa shape index (κ3) is 3.11. The Balaban J connectivity index is 1.98. The van der Waals surface area contributed by atoms with E-state index in [9.17, 15) is 0 Å². The van der Waals surface area contributed by atoms with E-state index in [1.165, 1.54) is 0 Å². The van der Waals surface area contributed by atoms with Crippen LogP contribution in [0.4, 0.5) is 0 Å². The molecule has 2 unspecified atom stereocenters. The molecule has 1 aliphatic heterocycles. The van der Waals surface area contributed by atoms with Crippen LogP contribution in [0.25, 0.3) is 0 Å². The molecule has 0 fully saturated rings. The summed E-state index contributed by atoms with van der Waals surface area (Å²) in [6.07, 6.45) is 6.94. The summed E-state index contributed by atoms with van der Waals surface area (Å²) in [6.45, 7) is 2.01. The fourth-order valence-electron chi connectivity index (χ4n) is 1.52. The zero-order chi connectivity index (χ0) is 12.1. The van der Waals surface area contributed by atoms with E-state index in [2.05, 4.69) is 0 Å². The highest BCUT2D eigenvalue weighted by Crippen LogP contribution is 2.21. The first-order valence-electron chi connectivity index (χ1n) is 5.58. The zero-order valence-electron chi connectivity index (χ0n) is 10.00. The van der Waals surface area contributed by atoms with Gasteiger partial charge in [0, 0.05) is 7.11 Å². The van der Waals surface area contributed by atoms with Gasteiger partial charge in [-0.2, -0.15) is 0 Å². The van der Waals surface area contributed by atoms with Gasteiger partial charge in [0.2, 0.25) is 0 Å². The molecule has 0 saturated heterocycles. The lowest BCUT2D eigenvalue weighted by Gasteiger charge is -2.17. The van der Waals surface area contributed by atoms with Gasteiger partial charge in [0.05, 0.1) is 12.4 Å². The summed E-state index contributed by atoms with van der Waals surface area (Å²) in [5, 5.41) is 0. The van der Waals surface area contributed by atoms with Crippen LogP contribution in [0.5, 0.6) is 5.75 Å². The topological polar surface area (TPSA) is 27.7 Å². The first kappa shape index (κ1) is 11.7. The molecular weight excluding hydrogens is 216 g/mol. The lowest BCUT2D eigenvalue weighted by Crippen LogP contribution is -2.16. The predicted octanol–water partition coefficient (Wildman–Crippen LogP) is 3.20. The molecule has 1 aromatic carbocycles. The van der Waals surface area contributed by atoms with Crippen molar-refractivity contribution >= 4 is 0 Å². The highest BCUT2D eigenvalue weighted by atomic mass is 16.7. The first-order chi connectivity index (χ1) is 8.29. The number of rotatable bonds is 4. The van der Waals surface area contributed by atoms with Crippen LogP contribution in [-0.2, 0) is 9.47 Å². The number of hydrogen-bond acceptors (Lipinski definition) is 3. The minimum Gasteiger partial charge on any atom is -0.459 e. The van der Waals surface area contributed by atoms with Gasteiger partial charge in [0.25, 0.3) is 6.29 Å². The van der Waals surface area contributed by atoms with Crippen LogP contribution in [0.3, 0.4) is 0 Å². The molecule has 17 heavy (non-hydrogen) atoms. The molecule has 0 spiro atoms. The van der Waals surface area contributed by atoms with Crippen molar-refractivity contribution in [2.75, 3.05) is 7.11 Å². The highest BCUT2D eigenvalue weighted by molar-refractivity contribution is 5.29. The van der Waals surface area contributed by atoms with Gasteiger partial charge < -0.3 is 14.2 Å². The van der Waals surface area contributed by atoms with E-state index in [-0.39, 0.29) is 12.4 Å². The Hall–Kier alpha value is -1.74. The number of benzene rings is 1. The highest BCUT2D eigenvalue weighted by Gasteiger charge is 2.08. The number of methoxy groups -OCH3 is 1. The summed E-state index contributed by atoms with van der Waals surface area (Å²) in [6, 6.07) is 7.82. The quantitative estimate of drug-likeness (QED) is 0.797. The SMILES string of the molecule is COC(C)c1ccc(OC2C=CC=CO2)cc1. The van der Waals surface area contributed by atoms with Crippen molar-refractivity contribution in [3.63, 3.8) is 0 Å². The Morgan fingerprint density at radius 2 is 1.94 bits per heavy atom. The molecule has 1 aromatic rings. The van der Waals surface area contributed by atoms with Gasteiger partial charge in [-0.25, -0.2) is 0 Å². The van der Waals surface area contributed by atoms with E-state index in [1.54, 1.807) is 13.4 Å². The summed E-state index contributed by atoms with van der Waals surface area (Å²) in [5.41, 5.74) is 1.12. The Morgan fingerprint density at radius 1 is 1.18 bits per heavy atom. The summed E-state index contributed by atoms with van der Waals surface area (Å²) in [7, 11) is 1.70. The fraction of sp³-hybridized carbons (Fsp3) is 0.286. The molecule has 0 aliphatic carbocycles. The maximum Gasteiger partial charge on any atom is 0.260 e. The standard InChI is InChI=1S/C14H16O3/c1-11(15-2)12-6-8-13(9-7-12)17-14-5-3-4-10-16-14/h3-11,14H,1-2H3. The van der Waals surface area contributed by atoms with Crippen molar-refractivity contribution in [3.05, 3.63) is 54.3 Å². The lowest BCUT2D eigenvalue weighted by atomic mass is 10.1. The van der Waals surface area contributed by atoms with E-state index < -0.39 is 0 Å². The molecule has 2 atom stereocenters. The van der Waals surface area contributed by atoms with Crippen LogP contribution < -0.4 is 4.74 Å². The smallest absolute Gasteiger partial charge is 0.260 e. The second-order valence-corrected chi connectivity index (χ2v) is 3.78. The van der Waals surface area contributed by atoms with Crippen LogP contribution >= 0.6 is 0 Å². The summed E-state index contributed by atoms with van der Waals surface area (Å²) in [5.74, 6) is 0.780. The third-order valence-electron chi connectivity index (χ3n) is 2.63. The molecular formula is C14H16O3. The largest absolute Gasteiger partial charge is 0.459 e. The van der Waals surface area contributed by atoms with E-state index in [4.69, 9.17) is 14.2 Å². The lowest BCUT2D eigenvalue weighted by molar-refractivity contribution is 0.00782. The molecule has 3 heteroatoms. The number of ether oxygens (including phenoxy) is 3. The van der Waals surface area contributed by atoms with Crippen LogP contribution in [0.2, 0.25) is 0 Å². The number of hydrogen-bond donors (Lipinski definition) is 0. The maximum absolute atomic E-state index is 5.62. The van der Waals surface area contributed by atoms with Crippen molar-refractivity contribution in [3.8, 4) is 5.75 Å². The van der Waals surface area contributed by atoms with Crippen molar-refractivity contribution in [2.24, 2.45) is 0 Å². The van der Waals surface area contributed by atoms with Gasteiger partial charge in [-0.1, -0.05) is 18.2 Å². The van der Waals surface area contributed by atoms with E-state index in [1.807, 2.05) is 49.4 Å². The Labute approximate surface area is 101 Å². The molecule has 0 N–H and O–H groups in total. The molecule has 1 aliphatic rings. The van der Waals surface area contributed by atoms with Gasteiger partial charge in [-0.05, 0) is 36.8 Å². The monoisotopic (exact) mass is 232 g/mol. The molecule has 0 amide bonds. The molecule has 0 aromatic heterocycles. The van der Waals surface area contributed by atoms with Crippen molar-refractivity contribution in [1.82, 2.24) is 0 Å². The van der Waals surface area contributed by atoms with E-state index in [0.717, 1.165) is 11.3 Å². The minimum absolute atomic E-state index is 0.0952. The van der Waals surface area contributed by atoms with Crippen LogP contribution in [-0.4, -0.2) is 13.4 Å². The van der Waals surface area contributed by atoms with E-state index >= 15 is 0 Å². The Bertz CT molecular complexity index is 406. The van der Waals surface area contributed by atoms with Crippen molar-refractivity contribution < 1.29 is 14.2 Å². The molecule has 0 bridgehead atoms. The summed E-state index contributed by atoms with van der Waals surface area (Å²) < 4.78 is 16.1. The van der Waals surface area contributed by atoms with Crippen molar-refractivity contribution in [1.29, 1.82) is 0 Å². The van der Waals surface area contributed by atoms with Gasteiger partial charge in [-0.3, -0.25) is 0 Å². The second kappa shape index (κ2) is 5.55. The Kier molecular flexibility index (Phi) is 3.83. The van der Waals surface area contributed by atoms with Crippen LogP contribution in [0.15, 0.2) is 48.8 Å². The molecule has 1 heterocycles. The molecule has 2 rings (SSSR count). The normalized spacial score (nSPS) is 19.8. The van der Waals surface area contributed by atoms with Crippen LogP contribution in [0.1, 0.15) is 18.6 Å².